The molecule has 2 aromatic carbocycles. The molecule has 2 N–H and O–H groups in total. The Balaban J connectivity index is 1.71. The second-order valence-corrected chi connectivity index (χ2v) is 8.99. The molecule has 1 aromatic heterocycles. The fourth-order valence-electron chi connectivity index (χ4n) is 2.93. The van der Waals surface area contributed by atoms with E-state index in [0.29, 0.717) is 5.69 Å². The maximum atomic E-state index is 12.5. The topological polar surface area (TPSA) is 91.4 Å². The van der Waals surface area contributed by atoms with Crippen molar-refractivity contribution in [2.24, 2.45) is 0 Å². The number of anilines is 1. The van der Waals surface area contributed by atoms with Crippen LogP contribution < -0.4 is 10.6 Å². The van der Waals surface area contributed by atoms with Crippen LogP contribution in [0.15, 0.2) is 83.9 Å². The Bertz CT molecular complexity index is 1050. The summed E-state index contributed by atoms with van der Waals surface area (Å²) in [5.41, 5.74) is 2.21. The summed E-state index contributed by atoms with van der Waals surface area (Å²) in [5, 5.41) is 5.98. The van der Waals surface area contributed by atoms with Gasteiger partial charge in [0.25, 0.3) is 0 Å². The molecule has 0 bridgehead atoms. The molecule has 0 aliphatic rings. The highest BCUT2D eigenvalue weighted by Crippen LogP contribution is 2.20. The van der Waals surface area contributed by atoms with Crippen molar-refractivity contribution >= 4 is 21.6 Å². The van der Waals surface area contributed by atoms with E-state index in [4.69, 9.17) is 0 Å². The number of carbonyl (C=O) groups is 1. The van der Waals surface area contributed by atoms with Gasteiger partial charge in [-0.1, -0.05) is 42.5 Å². The van der Waals surface area contributed by atoms with E-state index < -0.39 is 10.0 Å². The molecule has 3 aromatic rings. The predicted octanol–water partition coefficient (Wildman–Crippen LogP) is 2.65. The lowest BCUT2D eigenvalue weighted by molar-refractivity contribution is -0.115. The number of nitrogens with zero attached hydrogens (tertiary/aromatic N) is 2. The van der Waals surface area contributed by atoms with Gasteiger partial charge in [-0.3, -0.25) is 15.1 Å². The smallest absolute Gasteiger partial charge is 0.242 e. The number of sulfonamides is 1. The summed E-state index contributed by atoms with van der Waals surface area (Å²) in [6.45, 7) is 0.0286. The first-order chi connectivity index (χ1) is 14.4. The van der Waals surface area contributed by atoms with E-state index in [9.17, 15) is 13.2 Å². The van der Waals surface area contributed by atoms with Gasteiger partial charge in [-0.15, -0.1) is 0 Å². The molecular weight excluding hydrogens is 400 g/mol. The van der Waals surface area contributed by atoms with E-state index in [1.54, 1.807) is 18.3 Å². The van der Waals surface area contributed by atoms with Crippen molar-refractivity contribution < 1.29 is 13.2 Å². The molecule has 1 heterocycles. The van der Waals surface area contributed by atoms with Crippen LogP contribution in [0.3, 0.4) is 0 Å². The van der Waals surface area contributed by atoms with Crippen LogP contribution in [0, 0.1) is 0 Å². The molecule has 7 nitrogen and oxygen atoms in total. The maximum absolute atomic E-state index is 12.5. The van der Waals surface area contributed by atoms with Crippen LogP contribution in [0.2, 0.25) is 0 Å². The van der Waals surface area contributed by atoms with Crippen LogP contribution >= 0.6 is 0 Å². The quantitative estimate of drug-likeness (QED) is 0.580. The van der Waals surface area contributed by atoms with Gasteiger partial charge in [0.1, 0.15) is 0 Å². The zero-order chi connectivity index (χ0) is 21.6. The molecule has 0 spiro atoms. The standard InChI is InChI=1S/C22H24N4O3S/c1-26(2)30(28,29)19-12-8-11-18(15-19)25-21(27)16-24-22(17-9-4-3-5-10-17)20-13-6-7-14-23-20/h3-15,22,24H,16H2,1-2H3,(H,25,27). The summed E-state index contributed by atoms with van der Waals surface area (Å²) >= 11 is 0. The zero-order valence-corrected chi connectivity index (χ0v) is 17.6. The number of aromatic nitrogens is 1. The average Bonchev–Trinajstić information content (AvgIpc) is 2.75. The SMILES string of the molecule is CN(C)S(=O)(=O)c1cccc(NC(=O)CNC(c2ccccc2)c2ccccn2)c1. The molecule has 1 unspecified atom stereocenters. The van der Waals surface area contributed by atoms with Gasteiger partial charge in [0.2, 0.25) is 15.9 Å². The number of hydrogen-bond acceptors (Lipinski definition) is 5. The van der Waals surface area contributed by atoms with Crippen molar-refractivity contribution in [1.29, 1.82) is 0 Å². The molecule has 156 valence electrons. The largest absolute Gasteiger partial charge is 0.325 e. The number of carbonyl (C=O) groups excluding carboxylic acids is 1. The molecule has 30 heavy (non-hydrogen) atoms. The summed E-state index contributed by atoms with van der Waals surface area (Å²) in [5.74, 6) is -0.286. The van der Waals surface area contributed by atoms with E-state index in [0.717, 1.165) is 15.6 Å². The molecule has 1 atom stereocenters. The number of nitrogens with one attached hydrogen (secondary N) is 2. The number of hydrogen-bond donors (Lipinski definition) is 2. The Kier molecular flexibility index (Phi) is 6.94. The molecule has 0 aliphatic heterocycles. The lowest BCUT2D eigenvalue weighted by Gasteiger charge is -2.19. The second kappa shape index (κ2) is 9.62. The fraction of sp³-hybridized carbons (Fsp3) is 0.182. The molecule has 0 aliphatic carbocycles. The van der Waals surface area contributed by atoms with Gasteiger partial charge in [0.15, 0.2) is 0 Å². The summed E-state index contributed by atoms with van der Waals surface area (Å²) in [7, 11) is -0.647. The molecule has 3 rings (SSSR count). The molecule has 0 saturated carbocycles. The van der Waals surface area contributed by atoms with Crippen molar-refractivity contribution in [3.05, 3.63) is 90.3 Å². The third kappa shape index (κ3) is 5.29. The Labute approximate surface area is 176 Å². The van der Waals surface area contributed by atoms with Gasteiger partial charge in [-0.05, 0) is 35.9 Å². The lowest BCUT2D eigenvalue weighted by Crippen LogP contribution is -2.32. The number of rotatable bonds is 8. The van der Waals surface area contributed by atoms with Gasteiger partial charge in [0.05, 0.1) is 23.2 Å². The van der Waals surface area contributed by atoms with Crippen molar-refractivity contribution in [3.63, 3.8) is 0 Å². The molecular formula is C22H24N4O3S. The van der Waals surface area contributed by atoms with E-state index in [1.807, 2.05) is 48.5 Å². The monoisotopic (exact) mass is 424 g/mol. The van der Waals surface area contributed by atoms with E-state index in [-0.39, 0.29) is 23.4 Å². The Hall–Kier alpha value is -3.07. The van der Waals surface area contributed by atoms with E-state index in [2.05, 4.69) is 15.6 Å². The minimum absolute atomic E-state index is 0.0286. The van der Waals surface area contributed by atoms with Crippen LogP contribution in [0.25, 0.3) is 0 Å². The number of benzene rings is 2. The van der Waals surface area contributed by atoms with Crippen molar-refractivity contribution in [2.75, 3.05) is 26.0 Å². The Morgan fingerprint density at radius 3 is 2.40 bits per heavy atom. The Morgan fingerprint density at radius 1 is 1.00 bits per heavy atom. The highest BCUT2D eigenvalue weighted by molar-refractivity contribution is 7.89. The average molecular weight is 425 g/mol. The maximum Gasteiger partial charge on any atom is 0.242 e. The molecule has 1 amide bonds. The zero-order valence-electron chi connectivity index (χ0n) is 16.8. The number of pyridine rings is 1. The molecule has 0 fully saturated rings. The van der Waals surface area contributed by atoms with Crippen LogP contribution in [0.5, 0.6) is 0 Å². The first-order valence-corrected chi connectivity index (χ1v) is 10.8. The van der Waals surface area contributed by atoms with Crippen molar-refractivity contribution in [3.8, 4) is 0 Å². The minimum Gasteiger partial charge on any atom is -0.325 e. The van der Waals surface area contributed by atoms with Crippen molar-refractivity contribution in [1.82, 2.24) is 14.6 Å². The van der Waals surface area contributed by atoms with Crippen LogP contribution in [0.1, 0.15) is 17.3 Å². The molecule has 8 heteroatoms. The number of amides is 1. The predicted molar refractivity (Wildman–Crippen MR) is 116 cm³/mol. The van der Waals surface area contributed by atoms with Crippen LogP contribution in [-0.2, 0) is 14.8 Å². The molecule has 0 radical (unpaired) electrons. The van der Waals surface area contributed by atoms with Crippen LogP contribution in [0.4, 0.5) is 5.69 Å². The lowest BCUT2D eigenvalue weighted by atomic mass is 10.0. The summed E-state index contributed by atoms with van der Waals surface area (Å²) in [6.07, 6.45) is 1.71. The first-order valence-electron chi connectivity index (χ1n) is 9.39. The van der Waals surface area contributed by atoms with Gasteiger partial charge in [-0.2, -0.15) is 0 Å². The van der Waals surface area contributed by atoms with Gasteiger partial charge >= 0.3 is 0 Å². The Morgan fingerprint density at radius 2 is 1.73 bits per heavy atom. The van der Waals surface area contributed by atoms with E-state index >= 15 is 0 Å². The third-order valence-electron chi connectivity index (χ3n) is 4.48. The highest BCUT2D eigenvalue weighted by atomic mass is 32.2. The van der Waals surface area contributed by atoms with Crippen molar-refractivity contribution in [2.45, 2.75) is 10.9 Å². The van der Waals surface area contributed by atoms with Gasteiger partial charge < -0.3 is 5.32 Å². The summed E-state index contributed by atoms with van der Waals surface area (Å²) in [4.78, 5) is 17.0. The summed E-state index contributed by atoms with van der Waals surface area (Å²) < 4.78 is 25.7. The third-order valence-corrected chi connectivity index (χ3v) is 6.29. The van der Waals surface area contributed by atoms with Gasteiger partial charge in [-0.25, -0.2) is 12.7 Å². The second-order valence-electron chi connectivity index (χ2n) is 6.84. The fourth-order valence-corrected chi connectivity index (χ4v) is 3.88. The molecule has 0 saturated heterocycles. The highest BCUT2D eigenvalue weighted by Gasteiger charge is 2.19. The van der Waals surface area contributed by atoms with Gasteiger partial charge in [0, 0.05) is 26.0 Å². The first kappa shape index (κ1) is 21.6. The van der Waals surface area contributed by atoms with E-state index in [1.165, 1.54) is 26.2 Å². The van der Waals surface area contributed by atoms with Crippen LogP contribution in [-0.4, -0.2) is 44.3 Å². The minimum atomic E-state index is -3.57. The summed E-state index contributed by atoms with van der Waals surface area (Å²) in [6, 6.07) is 21.3. The normalized spacial score (nSPS) is 12.5.